The van der Waals surface area contributed by atoms with E-state index < -0.39 is 11.8 Å². The number of anilines is 1. The first-order valence-electron chi connectivity index (χ1n) is 11.1. The van der Waals surface area contributed by atoms with Gasteiger partial charge < -0.3 is 20.6 Å². The zero-order chi connectivity index (χ0) is 25.2. The largest absolute Gasteiger partial charge is 0.505 e. The van der Waals surface area contributed by atoms with E-state index in [2.05, 4.69) is 10.6 Å². The smallest absolute Gasteiger partial charge is 0.279 e. The number of phenols is 1. The quantitative estimate of drug-likeness (QED) is 0.429. The van der Waals surface area contributed by atoms with Gasteiger partial charge in [0.2, 0.25) is 0 Å². The van der Waals surface area contributed by atoms with E-state index in [0.717, 1.165) is 5.56 Å². The van der Waals surface area contributed by atoms with Gasteiger partial charge in [-0.3, -0.25) is 19.3 Å². The van der Waals surface area contributed by atoms with Crippen LogP contribution in [0.25, 0.3) is 0 Å². The SMILES string of the molecule is C[C@H](NC1=C(Nc2cccc(C(=O)N(C)C)c2O)C(=O)N(Cc2ccccc2)C1=O)C(C)(C)C. The molecule has 0 spiro atoms. The van der Waals surface area contributed by atoms with Crippen LogP contribution in [-0.4, -0.2) is 52.8 Å². The minimum Gasteiger partial charge on any atom is -0.505 e. The predicted octanol–water partition coefficient (Wildman–Crippen LogP) is 3.31. The maximum absolute atomic E-state index is 13.4. The number of aromatic hydroxyl groups is 1. The molecule has 3 amide bonds. The zero-order valence-corrected chi connectivity index (χ0v) is 20.5. The number of hydrogen-bond acceptors (Lipinski definition) is 6. The van der Waals surface area contributed by atoms with Crippen LogP contribution in [-0.2, 0) is 16.1 Å². The van der Waals surface area contributed by atoms with Crippen LogP contribution in [0.15, 0.2) is 59.9 Å². The summed E-state index contributed by atoms with van der Waals surface area (Å²) < 4.78 is 0. The Morgan fingerprint density at radius 2 is 1.62 bits per heavy atom. The van der Waals surface area contributed by atoms with E-state index in [1.165, 1.54) is 15.9 Å². The number of phenolic OH excluding ortho intramolecular Hbond substituents is 1. The number of benzene rings is 2. The summed E-state index contributed by atoms with van der Waals surface area (Å²) in [5.74, 6) is -1.64. The lowest BCUT2D eigenvalue weighted by Crippen LogP contribution is -2.40. The molecule has 34 heavy (non-hydrogen) atoms. The summed E-state index contributed by atoms with van der Waals surface area (Å²) in [6, 6.07) is 13.8. The van der Waals surface area contributed by atoms with E-state index in [4.69, 9.17) is 0 Å². The van der Waals surface area contributed by atoms with Crippen molar-refractivity contribution in [3.05, 3.63) is 71.1 Å². The summed E-state index contributed by atoms with van der Waals surface area (Å²) in [7, 11) is 3.17. The second-order valence-corrected chi connectivity index (χ2v) is 9.69. The Morgan fingerprint density at radius 3 is 2.21 bits per heavy atom. The van der Waals surface area contributed by atoms with Crippen LogP contribution >= 0.6 is 0 Å². The molecular formula is C26H32N4O4. The van der Waals surface area contributed by atoms with Gasteiger partial charge in [-0.2, -0.15) is 0 Å². The number of imide groups is 1. The molecule has 0 unspecified atom stereocenters. The van der Waals surface area contributed by atoms with Crippen molar-refractivity contribution in [3.63, 3.8) is 0 Å². The third kappa shape index (κ3) is 5.06. The normalized spacial score (nSPS) is 14.9. The number of amides is 3. The second kappa shape index (κ2) is 9.59. The zero-order valence-electron chi connectivity index (χ0n) is 20.5. The van der Waals surface area contributed by atoms with E-state index >= 15 is 0 Å². The molecule has 0 saturated carbocycles. The van der Waals surface area contributed by atoms with Gasteiger partial charge in [0.15, 0.2) is 5.75 Å². The first-order chi connectivity index (χ1) is 15.9. The molecule has 8 heteroatoms. The van der Waals surface area contributed by atoms with Gasteiger partial charge in [0.1, 0.15) is 11.4 Å². The summed E-state index contributed by atoms with van der Waals surface area (Å²) in [6.07, 6.45) is 0. The summed E-state index contributed by atoms with van der Waals surface area (Å²) in [5, 5.41) is 16.9. The fourth-order valence-corrected chi connectivity index (χ4v) is 3.36. The number of carbonyl (C=O) groups is 3. The molecular weight excluding hydrogens is 432 g/mol. The van der Waals surface area contributed by atoms with E-state index in [-0.39, 0.29) is 52.3 Å². The highest BCUT2D eigenvalue weighted by atomic mass is 16.3. The number of para-hydroxylation sites is 1. The minimum absolute atomic E-state index is 0.0294. The molecule has 0 aromatic heterocycles. The molecule has 2 aromatic rings. The molecule has 1 aliphatic rings. The number of carbonyl (C=O) groups excluding carboxylic acids is 3. The Labute approximate surface area is 200 Å². The molecule has 8 nitrogen and oxygen atoms in total. The maximum Gasteiger partial charge on any atom is 0.279 e. The number of rotatable bonds is 7. The van der Waals surface area contributed by atoms with Crippen molar-refractivity contribution in [2.45, 2.75) is 40.3 Å². The third-order valence-electron chi connectivity index (χ3n) is 5.94. The lowest BCUT2D eigenvalue weighted by molar-refractivity contribution is -0.138. The summed E-state index contributed by atoms with van der Waals surface area (Å²) >= 11 is 0. The van der Waals surface area contributed by atoms with Crippen molar-refractivity contribution in [1.29, 1.82) is 0 Å². The third-order valence-corrected chi connectivity index (χ3v) is 5.94. The average molecular weight is 465 g/mol. The first kappa shape index (κ1) is 24.8. The predicted molar refractivity (Wildman–Crippen MR) is 131 cm³/mol. The topological polar surface area (TPSA) is 102 Å². The molecule has 3 rings (SSSR count). The average Bonchev–Trinajstić information content (AvgIpc) is 2.99. The molecule has 0 saturated heterocycles. The lowest BCUT2D eigenvalue weighted by atomic mass is 9.88. The Hall–Kier alpha value is -3.81. The highest BCUT2D eigenvalue weighted by molar-refractivity contribution is 6.20. The van der Waals surface area contributed by atoms with Gasteiger partial charge in [0, 0.05) is 20.1 Å². The Balaban J connectivity index is 2.01. The van der Waals surface area contributed by atoms with Crippen LogP contribution in [0.5, 0.6) is 5.75 Å². The van der Waals surface area contributed by atoms with Gasteiger partial charge in [0.25, 0.3) is 17.7 Å². The van der Waals surface area contributed by atoms with Crippen molar-refractivity contribution in [2.24, 2.45) is 5.41 Å². The molecule has 0 radical (unpaired) electrons. The number of nitrogens with zero attached hydrogens (tertiary/aromatic N) is 2. The van der Waals surface area contributed by atoms with E-state index in [9.17, 15) is 19.5 Å². The Bertz CT molecular complexity index is 1130. The van der Waals surface area contributed by atoms with E-state index in [1.54, 1.807) is 26.2 Å². The molecule has 2 aromatic carbocycles. The molecule has 1 aliphatic heterocycles. The van der Waals surface area contributed by atoms with Crippen LogP contribution in [0.3, 0.4) is 0 Å². The molecule has 1 heterocycles. The van der Waals surface area contributed by atoms with Crippen LogP contribution in [0.4, 0.5) is 5.69 Å². The lowest BCUT2D eigenvalue weighted by Gasteiger charge is -2.29. The Kier molecular flexibility index (Phi) is 7.00. The van der Waals surface area contributed by atoms with Gasteiger partial charge in [-0.1, -0.05) is 57.2 Å². The summed E-state index contributed by atoms with van der Waals surface area (Å²) in [5.41, 5.74) is 1.04. The van der Waals surface area contributed by atoms with Gasteiger partial charge in [-0.25, -0.2) is 0 Å². The van der Waals surface area contributed by atoms with E-state index in [0.29, 0.717) is 0 Å². The van der Waals surface area contributed by atoms with Crippen molar-refractivity contribution < 1.29 is 19.5 Å². The molecule has 3 N–H and O–H groups in total. The van der Waals surface area contributed by atoms with Crippen molar-refractivity contribution >= 4 is 23.4 Å². The number of hydrogen-bond donors (Lipinski definition) is 3. The monoisotopic (exact) mass is 464 g/mol. The minimum atomic E-state index is -0.513. The Morgan fingerprint density at radius 1 is 1.00 bits per heavy atom. The van der Waals surface area contributed by atoms with Crippen molar-refractivity contribution in [3.8, 4) is 5.75 Å². The highest BCUT2D eigenvalue weighted by Gasteiger charge is 2.40. The van der Waals surface area contributed by atoms with Crippen LogP contribution in [0.2, 0.25) is 0 Å². The van der Waals surface area contributed by atoms with E-state index in [1.807, 2.05) is 58.0 Å². The first-order valence-corrected chi connectivity index (χ1v) is 11.1. The van der Waals surface area contributed by atoms with Crippen LogP contribution < -0.4 is 10.6 Å². The van der Waals surface area contributed by atoms with Gasteiger partial charge in [-0.05, 0) is 30.0 Å². The molecule has 1 atom stereocenters. The standard InChI is InChI=1S/C26H32N4O4/c1-16(26(2,3)4)27-20-21(25(34)30(24(20)33)15-17-11-8-7-9-12-17)28-19-14-10-13-18(22(19)31)23(32)29(5)6/h7-14,16,27-28,31H,15H2,1-6H3/t16-/m0/s1. The van der Waals surface area contributed by atoms with Gasteiger partial charge >= 0.3 is 0 Å². The maximum atomic E-state index is 13.4. The molecule has 0 fully saturated rings. The summed E-state index contributed by atoms with van der Waals surface area (Å²) in [6.45, 7) is 8.15. The molecule has 0 aliphatic carbocycles. The van der Waals surface area contributed by atoms with Gasteiger partial charge in [-0.15, -0.1) is 0 Å². The second-order valence-electron chi connectivity index (χ2n) is 9.69. The highest BCUT2D eigenvalue weighted by Crippen LogP contribution is 2.32. The van der Waals surface area contributed by atoms with Crippen molar-refractivity contribution in [1.82, 2.24) is 15.1 Å². The number of nitrogens with one attached hydrogen (secondary N) is 2. The van der Waals surface area contributed by atoms with Crippen LogP contribution in [0, 0.1) is 5.41 Å². The van der Waals surface area contributed by atoms with Crippen LogP contribution in [0.1, 0.15) is 43.6 Å². The fraction of sp³-hybridized carbons (Fsp3) is 0.346. The van der Waals surface area contributed by atoms with Gasteiger partial charge in [0.05, 0.1) is 17.8 Å². The molecule has 180 valence electrons. The fourth-order valence-electron chi connectivity index (χ4n) is 3.36. The summed E-state index contributed by atoms with van der Waals surface area (Å²) in [4.78, 5) is 41.7. The van der Waals surface area contributed by atoms with Crippen molar-refractivity contribution in [2.75, 3.05) is 19.4 Å². The molecule has 0 bridgehead atoms.